The monoisotopic (exact) mass is 393 g/mol. The number of carbonyl (C=O) groups is 2. The van der Waals surface area contributed by atoms with Crippen LogP contribution in [-0.2, 0) is 20.9 Å². The molecule has 2 aromatic rings. The number of para-hydroxylation sites is 1. The van der Waals surface area contributed by atoms with Gasteiger partial charge in [-0.1, -0.05) is 26.0 Å². The summed E-state index contributed by atoms with van der Waals surface area (Å²) in [6, 6.07) is 7.69. The van der Waals surface area contributed by atoms with Crippen molar-refractivity contribution < 1.29 is 19.1 Å². The van der Waals surface area contributed by atoms with Crippen molar-refractivity contribution >= 4 is 33.6 Å². The number of hydrogen-bond acceptors (Lipinski definition) is 6. The number of carbonyl (C=O) groups excluding carboxylic acids is 2. The van der Waals surface area contributed by atoms with Gasteiger partial charge in [-0.15, -0.1) is 11.3 Å². The number of nitrogens with one attached hydrogen (secondary N) is 2. The minimum absolute atomic E-state index is 0.0519. The maximum atomic E-state index is 12.0. The SMILES string of the molecule is CCOC(=O)N[C@H](CNC(=O)COCc1nc2ccccc2s1)CC(C)C. The molecule has 27 heavy (non-hydrogen) atoms. The van der Waals surface area contributed by atoms with Crippen LogP contribution in [0.4, 0.5) is 4.79 Å². The summed E-state index contributed by atoms with van der Waals surface area (Å²) in [5.41, 5.74) is 0.937. The molecule has 0 aliphatic rings. The Bertz CT molecular complexity index is 714. The lowest BCUT2D eigenvalue weighted by atomic mass is 10.0. The van der Waals surface area contributed by atoms with Gasteiger partial charge in [0.25, 0.3) is 0 Å². The summed E-state index contributed by atoms with van der Waals surface area (Å²) in [6.07, 6.45) is 0.274. The van der Waals surface area contributed by atoms with Crippen molar-refractivity contribution in [1.29, 1.82) is 0 Å². The first-order valence-corrected chi connectivity index (χ1v) is 9.91. The largest absolute Gasteiger partial charge is 0.450 e. The lowest BCUT2D eigenvalue weighted by Crippen LogP contribution is -2.45. The van der Waals surface area contributed by atoms with Crippen molar-refractivity contribution in [1.82, 2.24) is 15.6 Å². The normalized spacial score (nSPS) is 12.1. The van der Waals surface area contributed by atoms with Gasteiger partial charge in [-0.3, -0.25) is 4.79 Å². The van der Waals surface area contributed by atoms with Crippen LogP contribution in [-0.4, -0.2) is 42.8 Å². The predicted molar refractivity (Wildman–Crippen MR) is 106 cm³/mol. The molecule has 0 aliphatic heterocycles. The molecule has 8 heteroatoms. The van der Waals surface area contributed by atoms with Crippen molar-refractivity contribution in [2.75, 3.05) is 19.8 Å². The van der Waals surface area contributed by atoms with Crippen molar-refractivity contribution in [3.63, 3.8) is 0 Å². The maximum absolute atomic E-state index is 12.0. The molecule has 0 radical (unpaired) electrons. The van der Waals surface area contributed by atoms with Gasteiger partial charge in [0.1, 0.15) is 11.6 Å². The van der Waals surface area contributed by atoms with Crippen LogP contribution in [0.5, 0.6) is 0 Å². The van der Waals surface area contributed by atoms with Gasteiger partial charge in [0.2, 0.25) is 5.91 Å². The van der Waals surface area contributed by atoms with E-state index < -0.39 is 6.09 Å². The van der Waals surface area contributed by atoms with E-state index in [2.05, 4.69) is 29.5 Å². The summed E-state index contributed by atoms with van der Waals surface area (Å²) in [5, 5.41) is 6.41. The fraction of sp³-hybridized carbons (Fsp3) is 0.526. The number of amides is 2. The maximum Gasteiger partial charge on any atom is 0.407 e. The molecular formula is C19H27N3O4S. The number of nitrogens with zero attached hydrogens (tertiary/aromatic N) is 1. The smallest absolute Gasteiger partial charge is 0.407 e. The molecule has 1 heterocycles. The first kappa shape index (κ1) is 21.1. The molecular weight excluding hydrogens is 366 g/mol. The number of benzene rings is 1. The van der Waals surface area contributed by atoms with E-state index in [1.807, 2.05) is 24.3 Å². The van der Waals surface area contributed by atoms with Crippen LogP contribution < -0.4 is 10.6 Å². The molecule has 1 aromatic heterocycles. The number of rotatable bonds is 10. The highest BCUT2D eigenvalue weighted by Crippen LogP contribution is 2.21. The highest BCUT2D eigenvalue weighted by Gasteiger charge is 2.16. The molecule has 1 aromatic carbocycles. The average molecular weight is 394 g/mol. The summed E-state index contributed by atoms with van der Waals surface area (Å²) >= 11 is 1.56. The molecule has 2 N–H and O–H groups in total. The summed E-state index contributed by atoms with van der Waals surface area (Å²) in [7, 11) is 0. The molecule has 0 saturated heterocycles. The van der Waals surface area contributed by atoms with E-state index in [9.17, 15) is 9.59 Å². The van der Waals surface area contributed by atoms with Crippen LogP contribution in [0.3, 0.4) is 0 Å². The number of hydrogen-bond donors (Lipinski definition) is 2. The molecule has 148 valence electrons. The Morgan fingerprint density at radius 1 is 1.26 bits per heavy atom. The molecule has 0 fully saturated rings. The Kier molecular flexibility index (Phi) is 8.47. The van der Waals surface area contributed by atoms with Crippen LogP contribution in [0.2, 0.25) is 0 Å². The number of ether oxygens (including phenoxy) is 2. The minimum atomic E-state index is -0.468. The van der Waals surface area contributed by atoms with Gasteiger partial charge in [0.15, 0.2) is 0 Å². The van der Waals surface area contributed by atoms with Crippen LogP contribution >= 0.6 is 11.3 Å². The van der Waals surface area contributed by atoms with Crippen molar-refractivity contribution in [3.8, 4) is 0 Å². The number of alkyl carbamates (subject to hydrolysis) is 1. The third-order valence-electron chi connectivity index (χ3n) is 3.70. The second-order valence-corrected chi connectivity index (χ2v) is 7.68. The van der Waals surface area contributed by atoms with E-state index in [1.54, 1.807) is 18.3 Å². The second kappa shape index (κ2) is 10.8. The van der Waals surface area contributed by atoms with Gasteiger partial charge in [-0.05, 0) is 31.4 Å². The second-order valence-electron chi connectivity index (χ2n) is 6.56. The van der Waals surface area contributed by atoms with Crippen molar-refractivity contribution in [2.45, 2.75) is 39.8 Å². The topological polar surface area (TPSA) is 89.6 Å². The zero-order valence-corrected chi connectivity index (χ0v) is 16.8. The van der Waals surface area contributed by atoms with Crippen LogP contribution in [0, 0.1) is 5.92 Å². The van der Waals surface area contributed by atoms with E-state index in [0.717, 1.165) is 21.6 Å². The van der Waals surface area contributed by atoms with E-state index in [1.165, 1.54) is 0 Å². The van der Waals surface area contributed by atoms with Crippen molar-refractivity contribution in [3.05, 3.63) is 29.3 Å². The third kappa shape index (κ3) is 7.52. The number of aromatic nitrogens is 1. The zero-order chi connectivity index (χ0) is 19.6. The van der Waals surface area contributed by atoms with Gasteiger partial charge in [-0.25, -0.2) is 9.78 Å². The molecule has 0 bridgehead atoms. The number of thiazole rings is 1. The molecule has 0 unspecified atom stereocenters. The van der Waals surface area contributed by atoms with E-state index in [-0.39, 0.29) is 18.6 Å². The summed E-state index contributed by atoms with van der Waals surface area (Å²) in [6.45, 7) is 6.76. The van der Waals surface area contributed by atoms with Gasteiger partial charge >= 0.3 is 6.09 Å². The minimum Gasteiger partial charge on any atom is -0.450 e. The standard InChI is InChI=1S/C19H27N3O4S/c1-4-26-19(24)21-14(9-13(2)3)10-20-17(23)11-25-12-18-22-15-7-5-6-8-16(15)27-18/h5-8,13-14H,4,9-12H2,1-3H3,(H,20,23)(H,21,24)/t14-/m0/s1. The Labute approximate surface area is 163 Å². The van der Waals surface area contributed by atoms with Crippen LogP contribution in [0.25, 0.3) is 10.2 Å². The highest BCUT2D eigenvalue weighted by molar-refractivity contribution is 7.18. The lowest BCUT2D eigenvalue weighted by molar-refractivity contribution is -0.126. The van der Waals surface area contributed by atoms with Crippen molar-refractivity contribution in [2.24, 2.45) is 5.92 Å². The van der Waals surface area contributed by atoms with Gasteiger partial charge in [0.05, 0.1) is 23.4 Å². The molecule has 0 spiro atoms. The Morgan fingerprint density at radius 3 is 2.74 bits per heavy atom. The predicted octanol–water partition coefficient (Wildman–Crippen LogP) is 3.09. The van der Waals surface area contributed by atoms with Gasteiger partial charge in [0, 0.05) is 12.6 Å². The highest BCUT2D eigenvalue weighted by atomic mass is 32.1. The summed E-state index contributed by atoms with van der Waals surface area (Å²) in [5.74, 6) is 0.152. The summed E-state index contributed by atoms with van der Waals surface area (Å²) in [4.78, 5) is 28.1. The van der Waals surface area contributed by atoms with E-state index in [4.69, 9.17) is 9.47 Å². The first-order chi connectivity index (χ1) is 13.0. The lowest BCUT2D eigenvalue weighted by Gasteiger charge is -2.20. The molecule has 2 rings (SSSR count). The zero-order valence-electron chi connectivity index (χ0n) is 16.0. The first-order valence-electron chi connectivity index (χ1n) is 9.10. The third-order valence-corrected chi connectivity index (χ3v) is 4.71. The average Bonchev–Trinajstić information content (AvgIpc) is 3.02. The van der Waals surface area contributed by atoms with Crippen LogP contribution in [0.15, 0.2) is 24.3 Å². The number of fused-ring (bicyclic) bond motifs is 1. The molecule has 0 saturated carbocycles. The molecule has 0 aliphatic carbocycles. The Hall–Kier alpha value is -2.19. The van der Waals surface area contributed by atoms with Gasteiger partial charge in [-0.2, -0.15) is 0 Å². The Morgan fingerprint density at radius 2 is 2.04 bits per heavy atom. The quantitative estimate of drug-likeness (QED) is 0.647. The van der Waals surface area contributed by atoms with E-state index in [0.29, 0.717) is 25.7 Å². The Balaban J connectivity index is 1.73. The van der Waals surface area contributed by atoms with Crippen LogP contribution in [0.1, 0.15) is 32.2 Å². The van der Waals surface area contributed by atoms with E-state index >= 15 is 0 Å². The molecule has 1 atom stereocenters. The molecule has 7 nitrogen and oxygen atoms in total. The van der Waals surface area contributed by atoms with Gasteiger partial charge < -0.3 is 20.1 Å². The fourth-order valence-electron chi connectivity index (χ4n) is 2.60. The fourth-order valence-corrected chi connectivity index (χ4v) is 3.51. The molecule has 2 amide bonds. The summed E-state index contributed by atoms with van der Waals surface area (Å²) < 4.78 is 11.5.